The predicted octanol–water partition coefficient (Wildman–Crippen LogP) is 2.00. The molecular weight excluding hydrogens is 260 g/mol. The van der Waals surface area contributed by atoms with Gasteiger partial charge in [0.15, 0.2) is 0 Å². The first kappa shape index (κ1) is 10.2. The fourth-order valence-corrected chi connectivity index (χ4v) is 1.72. The van der Waals surface area contributed by atoms with Crippen LogP contribution in [0.2, 0.25) is 0 Å². The number of aromatic amines is 1. The molecule has 5 heteroatoms. The molecule has 2 rings (SSSR count). The summed E-state index contributed by atoms with van der Waals surface area (Å²) in [6, 6.07) is 3.72. The van der Waals surface area contributed by atoms with Gasteiger partial charge in [-0.15, -0.1) is 0 Å². The SMILES string of the molecule is COc1nc2ccc(Br)c(C)c2[nH]c1=O. The molecule has 0 radical (unpaired) electrons. The van der Waals surface area contributed by atoms with Crippen LogP contribution >= 0.6 is 15.9 Å². The van der Waals surface area contributed by atoms with Crippen LogP contribution in [-0.2, 0) is 0 Å². The maximum Gasteiger partial charge on any atom is 0.311 e. The summed E-state index contributed by atoms with van der Waals surface area (Å²) < 4.78 is 5.80. The van der Waals surface area contributed by atoms with Crippen LogP contribution in [0.5, 0.6) is 5.88 Å². The Morgan fingerprint density at radius 1 is 1.47 bits per heavy atom. The summed E-state index contributed by atoms with van der Waals surface area (Å²) in [4.78, 5) is 18.3. The molecule has 0 aliphatic rings. The van der Waals surface area contributed by atoms with Crippen molar-refractivity contribution in [3.8, 4) is 5.88 Å². The van der Waals surface area contributed by atoms with Crippen molar-refractivity contribution in [1.82, 2.24) is 9.97 Å². The van der Waals surface area contributed by atoms with Gasteiger partial charge in [-0.2, -0.15) is 0 Å². The summed E-state index contributed by atoms with van der Waals surface area (Å²) in [7, 11) is 1.43. The molecule has 0 aliphatic heterocycles. The zero-order valence-corrected chi connectivity index (χ0v) is 9.88. The molecule has 0 amide bonds. The normalized spacial score (nSPS) is 10.6. The highest BCUT2D eigenvalue weighted by atomic mass is 79.9. The summed E-state index contributed by atoms with van der Waals surface area (Å²) >= 11 is 3.40. The van der Waals surface area contributed by atoms with Gasteiger partial charge in [0.25, 0.3) is 5.88 Å². The van der Waals surface area contributed by atoms with Crippen molar-refractivity contribution < 1.29 is 4.74 Å². The smallest absolute Gasteiger partial charge is 0.311 e. The highest BCUT2D eigenvalue weighted by molar-refractivity contribution is 9.10. The molecule has 1 aromatic heterocycles. The lowest BCUT2D eigenvalue weighted by atomic mass is 10.2. The lowest BCUT2D eigenvalue weighted by Gasteiger charge is -2.04. The molecule has 4 nitrogen and oxygen atoms in total. The van der Waals surface area contributed by atoms with E-state index in [9.17, 15) is 4.79 Å². The van der Waals surface area contributed by atoms with E-state index in [4.69, 9.17) is 4.74 Å². The molecule has 0 saturated heterocycles. The molecule has 78 valence electrons. The van der Waals surface area contributed by atoms with Crippen molar-refractivity contribution in [2.45, 2.75) is 6.92 Å². The number of methoxy groups -OCH3 is 1. The molecule has 0 atom stereocenters. The van der Waals surface area contributed by atoms with Crippen LogP contribution < -0.4 is 10.3 Å². The number of benzene rings is 1. The summed E-state index contributed by atoms with van der Waals surface area (Å²) in [5, 5.41) is 0. The highest BCUT2D eigenvalue weighted by Gasteiger charge is 2.07. The number of rotatable bonds is 1. The highest BCUT2D eigenvalue weighted by Crippen LogP contribution is 2.22. The topological polar surface area (TPSA) is 55.0 Å². The Morgan fingerprint density at radius 3 is 2.87 bits per heavy atom. The minimum atomic E-state index is -0.314. The van der Waals surface area contributed by atoms with Gasteiger partial charge in [0, 0.05) is 4.47 Å². The second-order valence-electron chi connectivity index (χ2n) is 3.14. The molecule has 0 spiro atoms. The van der Waals surface area contributed by atoms with Gasteiger partial charge in [0.05, 0.1) is 18.1 Å². The van der Waals surface area contributed by atoms with Gasteiger partial charge < -0.3 is 9.72 Å². The van der Waals surface area contributed by atoms with E-state index in [0.717, 1.165) is 15.6 Å². The third-order valence-electron chi connectivity index (χ3n) is 2.23. The lowest BCUT2D eigenvalue weighted by Crippen LogP contribution is -2.11. The Kier molecular flexibility index (Phi) is 2.48. The van der Waals surface area contributed by atoms with E-state index in [1.165, 1.54) is 7.11 Å². The number of nitrogens with zero attached hydrogens (tertiary/aromatic N) is 1. The number of hydrogen-bond donors (Lipinski definition) is 1. The Bertz CT molecular complexity index is 577. The van der Waals surface area contributed by atoms with Crippen LogP contribution in [0, 0.1) is 6.92 Å². The minimum absolute atomic E-state index is 0.0872. The third kappa shape index (κ3) is 1.63. The van der Waals surface area contributed by atoms with Crippen LogP contribution in [0.15, 0.2) is 21.4 Å². The number of aromatic nitrogens is 2. The van der Waals surface area contributed by atoms with Crippen LogP contribution in [0.25, 0.3) is 11.0 Å². The summed E-state index contributed by atoms with van der Waals surface area (Å²) in [6.45, 7) is 1.91. The third-order valence-corrected chi connectivity index (χ3v) is 3.08. The minimum Gasteiger partial charge on any atom is -0.477 e. The standard InChI is InChI=1S/C10H9BrN2O2/c1-5-6(11)3-4-7-8(5)13-9(14)10(12-7)15-2/h3-4H,1-2H3,(H,13,14). The number of hydrogen-bond acceptors (Lipinski definition) is 3. The van der Waals surface area contributed by atoms with Crippen LogP contribution in [0.1, 0.15) is 5.56 Å². The number of nitrogens with one attached hydrogen (secondary N) is 1. The molecule has 0 fully saturated rings. The largest absolute Gasteiger partial charge is 0.477 e. The van der Waals surface area contributed by atoms with Crippen molar-refractivity contribution >= 4 is 27.0 Å². The number of halogens is 1. The fraction of sp³-hybridized carbons (Fsp3) is 0.200. The van der Waals surface area contributed by atoms with Crippen LogP contribution in [-0.4, -0.2) is 17.1 Å². The van der Waals surface area contributed by atoms with E-state index in [1.807, 2.05) is 19.1 Å². The van der Waals surface area contributed by atoms with Crippen molar-refractivity contribution in [2.75, 3.05) is 7.11 Å². The van der Waals surface area contributed by atoms with Crippen molar-refractivity contribution in [3.63, 3.8) is 0 Å². The molecule has 2 aromatic rings. The van der Waals surface area contributed by atoms with Gasteiger partial charge in [-0.25, -0.2) is 4.98 Å². The molecule has 0 bridgehead atoms. The summed E-state index contributed by atoms with van der Waals surface area (Å²) in [5.74, 6) is 0.0872. The lowest BCUT2D eigenvalue weighted by molar-refractivity contribution is 0.393. The number of aryl methyl sites for hydroxylation is 1. The number of ether oxygens (including phenoxy) is 1. The molecule has 1 aromatic carbocycles. The van der Waals surface area contributed by atoms with E-state index >= 15 is 0 Å². The first-order valence-corrected chi connectivity index (χ1v) is 5.16. The van der Waals surface area contributed by atoms with Gasteiger partial charge in [0.1, 0.15) is 0 Å². The summed E-state index contributed by atoms with van der Waals surface area (Å²) in [6.07, 6.45) is 0. The molecular formula is C10H9BrN2O2. The number of H-pyrrole nitrogens is 1. The Morgan fingerprint density at radius 2 is 2.20 bits per heavy atom. The Balaban J connectivity index is 2.87. The van der Waals surface area contributed by atoms with Gasteiger partial charge in [-0.05, 0) is 24.6 Å². The van der Waals surface area contributed by atoms with Gasteiger partial charge >= 0.3 is 5.56 Å². The quantitative estimate of drug-likeness (QED) is 0.861. The number of fused-ring (bicyclic) bond motifs is 1. The molecule has 0 unspecified atom stereocenters. The molecule has 1 heterocycles. The van der Waals surface area contributed by atoms with Crippen LogP contribution in [0.3, 0.4) is 0 Å². The first-order chi connectivity index (χ1) is 7.13. The van der Waals surface area contributed by atoms with E-state index < -0.39 is 0 Å². The molecule has 0 saturated carbocycles. The van der Waals surface area contributed by atoms with Crippen molar-refractivity contribution in [3.05, 3.63) is 32.5 Å². The van der Waals surface area contributed by atoms with Gasteiger partial charge in [-0.3, -0.25) is 4.79 Å². The maximum absolute atomic E-state index is 11.5. The van der Waals surface area contributed by atoms with Gasteiger partial charge in [-0.1, -0.05) is 15.9 Å². The van der Waals surface area contributed by atoms with Gasteiger partial charge in [0.2, 0.25) is 0 Å². The fourth-order valence-electron chi connectivity index (χ4n) is 1.39. The zero-order chi connectivity index (χ0) is 11.0. The average molecular weight is 269 g/mol. The Labute approximate surface area is 94.4 Å². The molecule has 0 aliphatic carbocycles. The zero-order valence-electron chi connectivity index (χ0n) is 8.30. The van der Waals surface area contributed by atoms with E-state index in [2.05, 4.69) is 25.9 Å². The maximum atomic E-state index is 11.5. The van der Waals surface area contributed by atoms with Crippen molar-refractivity contribution in [2.24, 2.45) is 0 Å². The second-order valence-corrected chi connectivity index (χ2v) is 4.00. The molecule has 15 heavy (non-hydrogen) atoms. The van der Waals surface area contributed by atoms with E-state index in [1.54, 1.807) is 0 Å². The monoisotopic (exact) mass is 268 g/mol. The van der Waals surface area contributed by atoms with Crippen molar-refractivity contribution in [1.29, 1.82) is 0 Å². The van der Waals surface area contributed by atoms with E-state index in [0.29, 0.717) is 5.52 Å². The van der Waals surface area contributed by atoms with E-state index in [-0.39, 0.29) is 11.4 Å². The van der Waals surface area contributed by atoms with Crippen LogP contribution in [0.4, 0.5) is 0 Å². The predicted molar refractivity (Wildman–Crippen MR) is 61.4 cm³/mol. The summed E-state index contributed by atoms with van der Waals surface area (Å²) in [5.41, 5.74) is 2.09. The first-order valence-electron chi connectivity index (χ1n) is 4.36. The second kappa shape index (κ2) is 3.66. The average Bonchev–Trinajstić information content (AvgIpc) is 2.24. The molecule has 1 N–H and O–H groups in total. The Hall–Kier alpha value is -1.36.